The smallest absolute Gasteiger partial charge is 0.199 e. The van der Waals surface area contributed by atoms with Crippen LogP contribution in [0.1, 0.15) is 110 Å². The highest BCUT2D eigenvalue weighted by Crippen LogP contribution is 2.38. The fourth-order valence-electron chi connectivity index (χ4n) is 2.94. The summed E-state index contributed by atoms with van der Waals surface area (Å²) in [5, 5.41) is 3.50. The zero-order valence-corrected chi connectivity index (χ0v) is 19.8. The first kappa shape index (κ1) is 22.1. The van der Waals surface area contributed by atoms with Crippen LogP contribution >= 0.6 is 11.3 Å². The first-order chi connectivity index (χ1) is 12.2. The van der Waals surface area contributed by atoms with E-state index >= 15 is 0 Å². The topological polar surface area (TPSA) is 38.9 Å². The third-order valence-corrected chi connectivity index (χ3v) is 7.01. The van der Waals surface area contributed by atoms with Gasteiger partial charge in [-0.2, -0.15) is 0 Å². The summed E-state index contributed by atoms with van der Waals surface area (Å²) >= 11 is 1.81. The van der Waals surface area contributed by atoms with Gasteiger partial charge in [0.2, 0.25) is 0 Å². The van der Waals surface area contributed by atoms with Crippen LogP contribution in [0.4, 0.5) is 0 Å². The Labute approximate surface area is 170 Å². The summed E-state index contributed by atoms with van der Waals surface area (Å²) in [6.07, 6.45) is 3.96. The first-order valence-electron chi connectivity index (χ1n) is 10.2. The molecule has 0 bridgehead atoms. The predicted molar refractivity (Wildman–Crippen MR) is 116 cm³/mol. The molecule has 2 aromatic heterocycles. The van der Waals surface area contributed by atoms with Crippen molar-refractivity contribution in [3.05, 3.63) is 33.9 Å². The van der Waals surface area contributed by atoms with Crippen molar-refractivity contribution in [3.63, 3.8) is 0 Å². The Bertz CT molecular complexity index is 747. The molecule has 1 atom stereocenters. The number of nitrogens with zero attached hydrogens (tertiary/aromatic N) is 2. The van der Waals surface area contributed by atoms with Gasteiger partial charge in [-0.15, -0.1) is 11.3 Å². The van der Waals surface area contributed by atoms with E-state index in [1.807, 2.05) is 17.6 Å². The molecule has 0 aliphatic carbocycles. The van der Waals surface area contributed by atoms with Gasteiger partial charge in [-0.1, -0.05) is 69.2 Å². The Kier molecular flexibility index (Phi) is 6.31. The van der Waals surface area contributed by atoms with Gasteiger partial charge in [-0.3, -0.25) is 0 Å². The quantitative estimate of drug-likeness (QED) is 0.501. The minimum absolute atomic E-state index is 0.0183. The van der Waals surface area contributed by atoms with Crippen LogP contribution in [0.25, 0.3) is 0 Å². The van der Waals surface area contributed by atoms with Gasteiger partial charge in [-0.05, 0) is 18.8 Å². The number of thiazole rings is 1. The highest BCUT2D eigenvalue weighted by Gasteiger charge is 2.32. The van der Waals surface area contributed by atoms with Gasteiger partial charge in [-0.25, -0.2) is 9.97 Å². The molecule has 0 saturated carbocycles. The fraction of sp³-hybridized carbons (Fsp3) is 0.739. The van der Waals surface area contributed by atoms with E-state index < -0.39 is 0 Å². The van der Waals surface area contributed by atoms with Gasteiger partial charge in [0, 0.05) is 27.5 Å². The van der Waals surface area contributed by atoms with E-state index in [2.05, 4.69) is 74.6 Å². The minimum Gasteiger partial charge on any atom is -0.448 e. The Morgan fingerprint density at radius 3 is 2.04 bits per heavy atom. The molecule has 0 radical (unpaired) electrons. The molecule has 0 saturated heterocycles. The molecule has 0 spiro atoms. The summed E-state index contributed by atoms with van der Waals surface area (Å²) in [6.45, 7) is 22.4. The van der Waals surface area contributed by atoms with Crippen LogP contribution < -0.4 is 0 Å². The predicted octanol–water partition coefficient (Wildman–Crippen LogP) is 7.22. The lowest BCUT2D eigenvalue weighted by atomic mass is 9.77. The molecule has 27 heavy (non-hydrogen) atoms. The van der Waals surface area contributed by atoms with Gasteiger partial charge >= 0.3 is 0 Å². The Hall–Kier alpha value is -1.16. The molecule has 0 aromatic carbocycles. The maximum Gasteiger partial charge on any atom is 0.199 e. The number of hydrogen-bond donors (Lipinski definition) is 0. The van der Waals surface area contributed by atoms with Crippen molar-refractivity contribution < 1.29 is 4.42 Å². The molecule has 0 amide bonds. The lowest BCUT2D eigenvalue weighted by Crippen LogP contribution is -2.25. The van der Waals surface area contributed by atoms with Crippen molar-refractivity contribution >= 4 is 11.3 Å². The lowest BCUT2D eigenvalue weighted by Gasteiger charge is -2.29. The van der Waals surface area contributed by atoms with E-state index in [9.17, 15) is 0 Å². The molecule has 152 valence electrons. The van der Waals surface area contributed by atoms with Gasteiger partial charge in [0.15, 0.2) is 5.89 Å². The number of hydrogen-bond acceptors (Lipinski definition) is 4. The Balaban J connectivity index is 2.10. The van der Waals surface area contributed by atoms with Crippen molar-refractivity contribution in [3.8, 4) is 0 Å². The standard InChI is InChI=1S/C23H38N2OS/c1-15(2)16(3)17-14-27-20(24-17)23(9,10)12-11-22(7,8)18-13-26-19(25-18)21(4,5)6/h13-16H,11-12H2,1-10H3. The zero-order valence-electron chi connectivity index (χ0n) is 18.9. The van der Waals surface area contributed by atoms with Crippen molar-refractivity contribution in [1.29, 1.82) is 0 Å². The summed E-state index contributed by atoms with van der Waals surface area (Å²) in [6, 6.07) is 0. The summed E-state index contributed by atoms with van der Waals surface area (Å²) in [7, 11) is 0. The molecule has 4 heteroatoms. The third-order valence-electron chi connectivity index (χ3n) is 5.78. The second kappa shape index (κ2) is 7.69. The number of oxazole rings is 1. The Morgan fingerprint density at radius 2 is 1.52 bits per heavy atom. The molecule has 2 rings (SSSR count). The summed E-state index contributed by atoms with van der Waals surface area (Å²) < 4.78 is 5.76. The van der Waals surface area contributed by atoms with Crippen LogP contribution in [0.5, 0.6) is 0 Å². The molecular weight excluding hydrogens is 352 g/mol. The van der Waals surface area contributed by atoms with E-state index in [-0.39, 0.29) is 16.2 Å². The maximum absolute atomic E-state index is 5.76. The van der Waals surface area contributed by atoms with Crippen LogP contribution in [-0.4, -0.2) is 9.97 Å². The van der Waals surface area contributed by atoms with Crippen molar-refractivity contribution in [2.45, 2.75) is 104 Å². The monoisotopic (exact) mass is 390 g/mol. The van der Waals surface area contributed by atoms with Gasteiger partial charge in [0.1, 0.15) is 6.26 Å². The highest BCUT2D eigenvalue weighted by molar-refractivity contribution is 7.09. The first-order valence-corrected chi connectivity index (χ1v) is 11.0. The van der Waals surface area contributed by atoms with Gasteiger partial charge in [0.25, 0.3) is 0 Å². The fourth-order valence-corrected chi connectivity index (χ4v) is 4.02. The van der Waals surface area contributed by atoms with E-state index in [1.54, 1.807) is 0 Å². The van der Waals surface area contributed by atoms with E-state index in [1.165, 1.54) is 10.7 Å². The molecule has 2 heterocycles. The summed E-state index contributed by atoms with van der Waals surface area (Å²) in [4.78, 5) is 9.79. The molecular formula is C23H38N2OS. The molecule has 2 aromatic rings. The second-order valence-corrected chi connectivity index (χ2v) is 11.5. The summed E-state index contributed by atoms with van der Waals surface area (Å²) in [5.74, 6) is 1.94. The zero-order chi connectivity index (χ0) is 20.6. The molecule has 0 N–H and O–H groups in total. The molecule has 0 aliphatic heterocycles. The van der Waals surface area contributed by atoms with Crippen molar-refractivity contribution in [2.24, 2.45) is 5.92 Å². The van der Waals surface area contributed by atoms with Crippen molar-refractivity contribution in [1.82, 2.24) is 9.97 Å². The average Bonchev–Trinajstić information content (AvgIpc) is 3.21. The second-order valence-electron chi connectivity index (χ2n) is 10.7. The largest absolute Gasteiger partial charge is 0.448 e. The van der Waals surface area contributed by atoms with Gasteiger partial charge < -0.3 is 4.42 Å². The lowest BCUT2D eigenvalue weighted by molar-refractivity contribution is 0.366. The normalized spacial score (nSPS) is 14.8. The van der Waals surface area contributed by atoms with Crippen LogP contribution in [0.2, 0.25) is 0 Å². The summed E-state index contributed by atoms with van der Waals surface area (Å²) in [5.41, 5.74) is 2.28. The van der Waals surface area contributed by atoms with E-state index in [4.69, 9.17) is 14.4 Å². The number of aromatic nitrogens is 2. The highest BCUT2D eigenvalue weighted by atomic mass is 32.1. The third kappa shape index (κ3) is 5.22. The minimum atomic E-state index is -0.0575. The molecule has 0 fully saturated rings. The molecule has 1 unspecified atom stereocenters. The SMILES string of the molecule is CC(C)C(C)c1csc(C(C)(C)CCC(C)(C)c2coc(C(C)(C)C)n2)n1. The van der Waals surface area contributed by atoms with E-state index in [0.717, 1.165) is 24.4 Å². The molecule has 0 aliphatic rings. The van der Waals surface area contributed by atoms with Crippen LogP contribution in [0, 0.1) is 5.92 Å². The maximum atomic E-state index is 5.76. The average molecular weight is 391 g/mol. The van der Waals surface area contributed by atoms with Crippen molar-refractivity contribution in [2.75, 3.05) is 0 Å². The van der Waals surface area contributed by atoms with E-state index in [0.29, 0.717) is 11.8 Å². The van der Waals surface area contributed by atoms with Crippen LogP contribution in [-0.2, 0) is 16.2 Å². The number of rotatable bonds is 7. The Morgan fingerprint density at radius 1 is 0.926 bits per heavy atom. The van der Waals surface area contributed by atoms with Gasteiger partial charge in [0.05, 0.1) is 16.4 Å². The van der Waals surface area contributed by atoms with Crippen LogP contribution in [0.15, 0.2) is 16.1 Å². The van der Waals surface area contributed by atoms with Crippen LogP contribution in [0.3, 0.4) is 0 Å². The molecule has 3 nitrogen and oxygen atoms in total.